The van der Waals surface area contributed by atoms with Crippen LogP contribution in [0.1, 0.15) is 16.8 Å². The Labute approximate surface area is 177 Å². The lowest BCUT2D eigenvalue weighted by atomic mass is 10.2. The summed E-state index contributed by atoms with van der Waals surface area (Å²) in [4.78, 5) is 24.6. The van der Waals surface area contributed by atoms with Crippen molar-refractivity contribution in [3.63, 3.8) is 0 Å². The molecule has 0 radical (unpaired) electrons. The monoisotopic (exact) mass is 432 g/mol. The summed E-state index contributed by atoms with van der Waals surface area (Å²) in [5.41, 5.74) is 6.59. The molecular formula is C19H18Cl2N6O2. The highest BCUT2D eigenvalue weighted by Gasteiger charge is 2.23. The zero-order valence-electron chi connectivity index (χ0n) is 15.4. The van der Waals surface area contributed by atoms with E-state index < -0.39 is 5.91 Å². The SMILES string of the molecule is NC(=O)c1cccnc1N1CCCN(c2nc(-c3cc(Cl)cc(Cl)c3)no2)CC1. The lowest BCUT2D eigenvalue weighted by Crippen LogP contribution is -2.32. The van der Waals surface area contributed by atoms with Gasteiger partial charge in [-0.2, -0.15) is 4.98 Å². The molecule has 1 saturated heterocycles. The minimum Gasteiger partial charge on any atom is -0.365 e. The fourth-order valence-electron chi connectivity index (χ4n) is 3.31. The summed E-state index contributed by atoms with van der Waals surface area (Å²) in [5, 5.41) is 5.07. The lowest BCUT2D eigenvalue weighted by Gasteiger charge is -2.23. The minimum atomic E-state index is -0.490. The van der Waals surface area contributed by atoms with Crippen LogP contribution < -0.4 is 15.5 Å². The van der Waals surface area contributed by atoms with E-state index in [0.29, 0.717) is 51.9 Å². The van der Waals surface area contributed by atoms with Crippen molar-refractivity contribution >= 4 is 40.9 Å². The number of hydrogen-bond acceptors (Lipinski definition) is 7. The number of amides is 1. The molecule has 10 heteroatoms. The van der Waals surface area contributed by atoms with Crippen molar-refractivity contribution in [2.75, 3.05) is 36.0 Å². The number of nitrogens with zero attached hydrogens (tertiary/aromatic N) is 5. The van der Waals surface area contributed by atoms with Crippen LogP contribution in [0.3, 0.4) is 0 Å². The van der Waals surface area contributed by atoms with Gasteiger partial charge in [0, 0.05) is 48.0 Å². The summed E-state index contributed by atoms with van der Waals surface area (Å²) in [6.07, 6.45) is 2.49. The fourth-order valence-corrected chi connectivity index (χ4v) is 3.83. The molecule has 0 saturated carbocycles. The predicted octanol–water partition coefficient (Wildman–Crippen LogP) is 3.25. The third kappa shape index (κ3) is 4.28. The minimum absolute atomic E-state index is 0.416. The average molecular weight is 433 g/mol. The second-order valence-electron chi connectivity index (χ2n) is 6.63. The van der Waals surface area contributed by atoms with E-state index in [-0.39, 0.29) is 0 Å². The third-order valence-electron chi connectivity index (χ3n) is 4.65. The highest BCUT2D eigenvalue weighted by atomic mass is 35.5. The summed E-state index contributed by atoms with van der Waals surface area (Å²) in [6.45, 7) is 2.73. The van der Waals surface area contributed by atoms with Gasteiger partial charge in [-0.05, 0) is 36.8 Å². The Hall–Kier alpha value is -2.84. The predicted molar refractivity (Wildman–Crippen MR) is 112 cm³/mol. The van der Waals surface area contributed by atoms with Crippen molar-refractivity contribution in [1.82, 2.24) is 15.1 Å². The second-order valence-corrected chi connectivity index (χ2v) is 7.50. The molecule has 0 aliphatic carbocycles. The first-order valence-electron chi connectivity index (χ1n) is 9.06. The maximum atomic E-state index is 11.7. The summed E-state index contributed by atoms with van der Waals surface area (Å²) >= 11 is 12.1. The molecule has 1 aromatic carbocycles. The molecular weight excluding hydrogens is 415 g/mol. The number of pyridine rings is 1. The number of primary amides is 1. The first kappa shape index (κ1) is 19.5. The molecule has 0 spiro atoms. The third-order valence-corrected chi connectivity index (χ3v) is 5.09. The zero-order valence-corrected chi connectivity index (χ0v) is 16.9. The van der Waals surface area contributed by atoms with Gasteiger partial charge >= 0.3 is 6.01 Å². The van der Waals surface area contributed by atoms with Crippen molar-refractivity contribution in [2.24, 2.45) is 5.73 Å². The maximum Gasteiger partial charge on any atom is 0.324 e. The Morgan fingerprint density at radius 3 is 2.55 bits per heavy atom. The van der Waals surface area contributed by atoms with E-state index >= 15 is 0 Å². The summed E-state index contributed by atoms with van der Waals surface area (Å²) in [7, 11) is 0. The zero-order chi connectivity index (χ0) is 20.4. The Morgan fingerprint density at radius 2 is 1.79 bits per heavy atom. The number of halogens is 2. The van der Waals surface area contributed by atoms with Crippen LogP contribution in [0.15, 0.2) is 41.1 Å². The Balaban J connectivity index is 1.51. The summed E-state index contributed by atoms with van der Waals surface area (Å²) in [5.74, 6) is 0.531. The molecule has 2 aromatic heterocycles. The Kier molecular flexibility index (Phi) is 5.55. The van der Waals surface area contributed by atoms with Crippen molar-refractivity contribution < 1.29 is 9.32 Å². The van der Waals surface area contributed by atoms with Crippen LogP contribution in [0.5, 0.6) is 0 Å². The van der Waals surface area contributed by atoms with Crippen molar-refractivity contribution in [2.45, 2.75) is 6.42 Å². The number of rotatable bonds is 4. The quantitative estimate of drug-likeness (QED) is 0.674. The van der Waals surface area contributed by atoms with Crippen LogP contribution >= 0.6 is 23.2 Å². The number of aromatic nitrogens is 3. The van der Waals surface area contributed by atoms with Gasteiger partial charge in [0.1, 0.15) is 5.82 Å². The number of carbonyl (C=O) groups excluding carboxylic acids is 1. The molecule has 0 atom stereocenters. The van der Waals surface area contributed by atoms with E-state index in [0.717, 1.165) is 19.5 Å². The standard InChI is InChI=1S/C19H18Cl2N6O2/c20-13-9-12(10-14(21)11-13)17-24-19(29-25-17)27-6-2-5-26(7-8-27)18-15(16(22)28)3-1-4-23-18/h1,3-4,9-11H,2,5-8H2,(H2,22,28). The lowest BCUT2D eigenvalue weighted by molar-refractivity contribution is 0.100. The smallest absolute Gasteiger partial charge is 0.324 e. The largest absolute Gasteiger partial charge is 0.365 e. The number of benzene rings is 1. The van der Waals surface area contributed by atoms with Gasteiger partial charge in [-0.25, -0.2) is 4.98 Å². The van der Waals surface area contributed by atoms with Gasteiger partial charge in [0.25, 0.3) is 5.91 Å². The van der Waals surface area contributed by atoms with E-state index in [1.165, 1.54) is 0 Å². The topological polar surface area (TPSA) is 101 Å². The number of carbonyl (C=O) groups is 1. The molecule has 4 rings (SSSR count). The number of nitrogens with two attached hydrogens (primary N) is 1. The molecule has 1 aliphatic heterocycles. The molecule has 3 aromatic rings. The highest BCUT2D eigenvalue weighted by Crippen LogP contribution is 2.27. The van der Waals surface area contributed by atoms with Crippen LogP contribution in [-0.2, 0) is 0 Å². The van der Waals surface area contributed by atoms with Gasteiger partial charge in [0.2, 0.25) is 5.82 Å². The Bertz CT molecular complexity index is 1020. The van der Waals surface area contributed by atoms with Gasteiger partial charge in [0.05, 0.1) is 5.56 Å². The second kappa shape index (κ2) is 8.26. The molecule has 0 unspecified atom stereocenters. The number of hydrogen-bond donors (Lipinski definition) is 1. The molecule has 0 bridgehead atoms. The van der Waals surface area contributed by atoms with Gasteiger partial charge in [-0.15, -0.1) is 0 Å². The van der Waals surface area contributed by atoms with Gasteiger partial charge < -0.3 is 20.1 Å². The molecule has 1 amide bonds. The van der Waals surface area contributed by atoms with Crippen molar-refractivity contribution in [3.8, 4) is 11.4 Å². The van der Waals surface area contributed by atoms with Gasteiger partial charge in [-0.3, -0.25) is 4.79 Å². The van der Waals surface area contributed by atoms with Gasteiger partial charge in [0.15, 0.2) is 0 Å². The van der Waals surface area contributed by atoms with Crippen molar-refractivity contribution in [3.05, 3.63) is 52.1 Å². The van der Waals surface area contributed by atoms with E-state index in [2.05, 4.69) is 15.1 Å². The number of anilines is 2. The molecule has 1 aliphatic rings. The average Bonchev–Trinajstić information content (AvgIpc) is 3.06. The summed E-state index contributed by atoms with van der Waals surface area (Å²) < 4.78 is 5.47. The van der Waals surface area contributed by atoms with Crippen LogP contribution in [0.2, 0.25) is 10.0 Å². The van der Waals surface area contributed by atoms with E-state index in [1.807, 2.05) is 9.80 Å². The van der Waals surface area contributed by atoms with Crippen molar-refractivity contribution in [1.29, 1.82) is 0 Å². The van der Waals surface area contributed by atoms with Crippen LogP contribution in [0.4, 0.5) is 11.8 Å². The Morgan fingerprint density at radius 1 is 1.07 bits per heavy atom. The van der Waals surface area contributed by atoms with Crippen LogP contribution in [0.25, 0.3) is 11.4 Å². The van der Waals surface area contributed by atoms with Gasteiger partial charge in [-0.1, -0.05) is 28.4 Å². The maximum absolute atomic E-state index is 11.7. The van der Waals surface area contributed by atoms with Crippen LogP contribution in [0, 0.1) is 0 Å². The van der Waals surface area contributed by atoms with E-state index in [4.69, 9.17) is 33.5 Å². The molecule has 8 nitrogen and oxygen atoms in total. The fraction of sp³-hybridized carbons (Fsp3) is 0.263. The molecule has 150 valence electrons. The molecule has 1 fully saturated rings. The molecule has 3 heterocycles. The molecule has 29 heavy (non-hydrogen) atoms. The first-order chi connectivity index (χ1) is 14.0. The first-order valence-corrected chi connectivity index (χ1v) is 9.82. The molecule has 2 N–H and O–H groups in total. The van der Waals surface area contributed by atoms with Crippen LogP contribution in [-0.4, -0.2) is 47.2 Å². The van der Waals surface area contributed by atoms with E-state index in [9.17, 15) is 4.79 Å². The normalized spacial score (nSPS) is 14.7. The summed E-state index contributed by atoms with van der Waals surface area (Å²) in [6, 6.07) is 8.93. The van der Waals surface area contributed by atoms with E-state index in [1.54, 1.807) is 36.5 Å². The highest BCUT2D eigenvalue weighted by molar-refractivity contribution is 6.35.